The summed E-state index contributed by atoms with van der Waals surface area (Å²) in [6, 6.07) is 0. The molecular weight excluding hydrogens is 260 g/mol. The van der Waals surface area contributed by atoms with Crippen molar-refractivity contribution in [2.75, 3.05) is 19.8 Å². The van der Waals surface area contributed by atoms with Gasteiger partial charge < -0.3 is 19.7 Å². The monoisotopic (exact) mass is 290 g/mol. The lowest BCUT2D eigenvalue weighted by atomic mass is 9.86. The summed E-state index contributed by atoms with van der Waals surface area (Å²) in [6.45, 7) is 12.5. The van der Waals surface area contributed by atoms with Crippen LogP contribution in [0.4, 0.5) is 0 Å². The molecule has 0 rings (SSSR count). The molecule has 0 saturated carbocycles. The maximum atomic E-state index is 10.7. The zero-order valence-electron chi connectivity index (χ0n) is 13.7. The predicted molar refractivity (Wildman–Crippen MR) is 77.5 cm³/mol. The summed E-state index contributed by atoms with van der Waals surface area (Å²) in [6.07, 6.45) is 0.525. The minimum atomic E-state index is -1.17. The second-order valence-electron chi connectivity index (χ2n) is 7.18. The minimum Gasteiger partial charge on any atom is -0.481 e. The Morgan fingerprint density at radius 1 is 1.05 bits per heavy atom. The van der Waals surface area contributed by atoms with Gasteiger partial charge in [0.05, 0.1) is 19.6 Å². The Morgan fingerprint density at radius 2 is 1.55 bits per heavy atom. The highest BCUT2D eigenvalue weighted by atomic mass is 16.6. The van der Waals surface area contributed by atoms with Gasteiger partial charge in [-0.3, -0.25) is 4.79 Å². The molecular formula is C15H30O5. The van der Waals surface area contributed by atoms with Crippen LogP contribution in [-0.2, 0) is 14.3 Å². The maximum Gasteiger partial charge on any atom is 0.303 e. The third-order valence-corrected chi connectivity index (χ3v) is 2.88. The van der Waals surface area contributed by atoms with Crippen LogP contribution in [-0.4, -0.2) is 41.8 Å². The number of carboxylic acids is 1. The Morgan fingerprint density at radius 3 is 2.00 bits per heavy atom. The van der Waals surface area contributed by atoms with E-state index >= 15 is 0 Å². The van der Waals surface area contributed by atoms with Crippen LogP contribution in [0.1, 0.15) is 54.4 Å². The molecule has 5 heteroatoms. The van der Waals surface area contributed by atoms with Crippen molar-refractivity contribution in [1.82, 2.24) is 0 Å². The van der Waals surface area contributed by atoms with Crippen molar-refractivity contribution in [3.8, 4) is 0 Å². The first kappa shape index (κ1) is 19.4. The third kappa shape index (κ3) is 9.28. The van der Waals surface area contributed by atoms with Gasteiger partial charge in [0.2, 0.25) is 0 Å². The van der Waals surface area contributed by atoms with Crippen LogP contribution in [0, 0.1) is 10.8 Å². The van der Waals surface area contributed by atoms with Gasteiger partial charge in [-0.2, -0.15) is 0 Å². The number of aliphatic carboxylic acids is 1. The summed E-state index contributed by atoms with van der Waals surface area (Å²) < 4.78 is 10.9. The molecule has 0 fully saturated rings. The molecule has 0 aromatic heterocycles. The summed E-state index contributed by atoms with van der Waals surface area (Å²) in [7, 11) is 0. The second kappa shape index (κ2) is 7.38. The van der Waals surface area contributed by atoms with E-state index in [1.54, 1.807) is 6.92 Å². The molecule has 0 spiro atoms. The van der Waals surface area contributed by atoms with Crippen LogP contribution >= 0.6 is 0 Å². The smallest absolute Gasteiger partial charge is 0.303 e. The highest BCUT2D eigenvalue weighted by Crippen LogP contribution is 2.30. The predicted octanol–water partition coefficient (Wildman–Crippen LogP) is 2.67. The molecule has 0 radical (unpaired) electrons. The third-order valence-electron chi connectivity index (χ3n) is 2.88. The van der Waals surface area contributed by atoms with Crippen LogP contribution in [0.15, 0.2) is 0 Å². The summed E-state index contributed by atoms with van der Waals surface area (Å²) in [5, 5.41) is 18.9. The normalized spacial score (nSPS) is 15.9. The van der Waals surface area contributed by atoms with E-state index in [0.29, 0.717) is 26.2 Å². The summed E-state index contributed by atoms with van der Waals surface area (Å²) in [5.74, 6) is -1.99. The zero-order valence-corrected chi connectivity index (χ0v) is 13.7. The first-order chi connectivity index (χ1) is 8.89. The quantitative estimate of drug-likeness (QED) is 0.605. The molecule has 0 heterocycles. The fraction of sp³-hybridized carbons (Fsp3) is 0.933. The molecule has 0 aromatic carbocycles. The molecule has 0 aliphatic heterocycles. The number of ether oxygens (including phenoxy) is 2. The highest BCUT2D eigenvalue weighted by molar-refractivity contribution is 5.67. The fourth-order valence-electron chi connectivity index (χ4n) is 2.36. The largest absolute Gasteiger partial charge is 0.481 e. The van der Waals surface area contributed by atoms with Crippen LogP contribution in [0.5, 0.6) is 0 Å². The molecule has 20 heavy (non-hydrogen) atoms. The Bertz CT molecular complexity index is 307. The van der Waals surface area contributed by atoms with E-state index in [0.717, 1.165) is 0 Å². The zero-order chi connectivity index (χ0) is 16.0. The minimum absolute atomic E-state index is 0.0735. The first-order valence-corrected chi connectivity index (χ1v) is 7.05. The van der Waals surface area contributed by atoms with Gasteiger partial charge >= 0.3 is 5.97 Å². The molecule has 1 atom stereocenters. The van der Waals surface area contributed by atoms with Crippen molar-refractivity contribution < 1.29 is 24.5 Å². The van der Waals surface area contributed by atoms with Crippen molar-refractivity contribution in [1.29, 1.82) is 0 Å². The van der Waals surface area contributed by atoms with Crippen molar-refractivity contribution in [3.05, 3.63) is 0 Å². The van der Waals surface area contributed by atoms with E-state index in [2.05, 4.69) is 0 Å². The van der Waals surface area contributed by atoms with Crippen LogP contribution in [0.3, 0.4) is 0 Å². The number of hydrogen-bond acceptors (Lipinski definition) is 4. The standard InChI is InChI=1S/C15H30O5/c1-7-20-15(6,18)9-14(4,5)11-19-10-13(2,3)8-12(16)17/h18H,7-11H2,1-6H3,(H,16,17). The number of hydrogen-bond donors (Lipinski definition) is 2. The van der Waals surface area contributed by atoms with E-state index in [9.17, 15) is 9.90 Å². The van der Waals surface area contributed by atoms with Crippen LogP contribution < -0.4 is 0 Å². The maximum absolute atomic E-state index is 10.7. The van der Waals surface area contributed by atoms with Crippen molar-refractivity contribution in [3.63, 3.8) is 0 Å². The SMILES string of the molecule is CCOC(C)(O)CC(C)(C)COCC(C)(C)CC(=O)O. The molecule has 120 valence electrons. The molecule has 0 bridgehead atoms. The van der Waals surface area contributed by atoms with Gasteiger partial charge in [0, 0.05) is 13.0 Å². The highest BCUT2D eigenvalue weighted by Gasteiger charge is 2.32. The number of rotatable bonds is 10. The van der Waals surface area contributed by atoms with E-state index in [1.807, 2.05) is 34.6 Å². The molecule has 0 aliphatic rings. The van der Waals surface area contributed by atoms with E-state index in [4.69, 9.17) is 14.6 Å². The lowest BCUT2D eigenvalue weighted by Crippen LogP contribution is -2.37. The number of aliphatic hydroxyl groups is 1. The Hall–Kier alpha value is -0.650. The van der Waals surface area contributed by atoms with Gasteiger partial charge in [0.25, 0.3) is 0 Å². The van der Waals surface area contributed by atoms with E-state index in [-0.39, 0.29) is 11.8 Å². The lowest BCUT2D eigenvalue weighted by Gasteiger charge is -2.34. The van der Waals surface area contributed by atoms with Crippen LogP contribution in [0.2, 0.25) is 0 Å². The van der Waals surface area contributed by atoms with Crippen molar-refractivity contribution in [2.45, 2.75) is 60.2 Å². The topological polar surface area (TPSA) is 76.0 Å². The molecule has 1 unspecified atom stereocenters. The summed E-state index contributed by atoms with van der Waals surface area (Å²) in [5.41, 5.74) is -0.650. The van der Waals surface area contributed by atoms with Crippen LogP contribution in [0.25, 0.3) is 0 Å². The molecule has 0 aromatic rings. The van der Waals surface area contributed by atoms with E-state index in [1.165, 1.54) is 0 Å². The van der Waals surface area contributed by atoms with Crippen molar-refractivity contribution in [2.24, 2.45) is 10.8 Å². The second-order valence-corrected chi connectivity index (χ2v) is 7.18. The number of carboxylic acid groups (broad SMARTS) is 1. The molecule has 0 aliphatic carbocycles. The van der Waals surface area contributed by atoms with Gasteiger partial charge in [-0.05, 0) is 24.7 Å². The first-order valence-electron chi connectivity index (χ1n) is 7.05. The van der Waals surface area contributed by atoms with Gasteiger partial charge in [0.1, 0.15) is 0 Å². The summed E-state index contributed by atoms with van der Waals surface area (Å²) >= 11 is 0. The fourth-order valence-corrected chi connectivity index (χ4v) is 2.36. The van der Waals surface area contributed by atoms with E-state index < -0.39 is 17.2 Å². The average Bonchev–Trinajstić information content (AvgIpc) is 2.11. The molecule has 2 N–H and O–H groups in total. The Labute approximate surface area is 122 Å². The molecule has 0 amide bonds. The summed E-state index contributed by atoms with van der Waals surface area (Å²) in [4.78, 5) is 10.7. The van der Waals surface area contributed by atoms with Gasteiger partial charge in [0.15, 0.2) is 5.79 Å². The Balaban J connectivity index is 4.26. The number of carbonyl (C=O) groups is 1. The van der Waals surface area contributed by atoms with Crippen molar-refractivity contribution >= 4 is 5.97 Å². The molecule has 0 saturated heterocycles. The van der Waals surface area contributed by atoms with Gasteiger partial charge in [-0.15, -0.1) is 0 Å². The average molecular weight is 290 g/mol. The van der Waals surface area contributed by atoms with Gasteiger partial charge in [-0.25, -0.2) is 0 Å². The molecule has 5 nitrogen and oxygen atoms in total. The lowest BCUT2D eigenvalue weighted by molar-refractivity contribution is -0.209. The Kier molecular flexibility index (Phi) is 7.14. The van der Waals surface area contributed by atoms with Gasteiger partial charge in [-0.1, -0.05) is 27.7 Å².